The summed E-state index contributed by atoms with van der Waals surface area (Å²) < 4.78 is 5.81. The van der Waals surface area contributed by atoms with Crippen molar-refractivity contribution in [1.82, 2.24) is 31.5 Å². The maximum atomic E-state index is 14.1. The Labute approximate surface area is 316 Å². The van der Waals surface area contributed by atoms with Crippen molar-refractivity contribution in [3.63, 3.8) is 0 Å². The van der Waals surface area contributed by atoms with E-state index in [0.717, 1.165) is 23.9 Å². The summed E-state index contributed by atoms with van der Waals surface area (Å²) in [4.78, 5) is 59.5. The van der Waals surface area contributed by atoms with Gasteiger partial charge in [0.05, 0.1) is 11.4 Å². The van der Waals surface area contributed by atoms with Crippen molar-refractivity contribution in [3.8, 4) is 0 Å². The molecule has 1 saturated heterocycles. The minimum absolute atomic E-state index is 0.307. The second-order valence-corrected chi connectivity index (χ2v) is 14.6. The number of benzene rings is 3. The zero-order chi connectivity index (χ0) is 38.2. The second kappa shape index (κ2) is 17.7. The fourth-order valence-electron chi connectivity index (χ4n) is 6.79. The molecule has 4 N–H and O–H groups in total. The quantitative estimate of drug-likeness (QED) is 0.145. The molecule has 4 unspecified atom stereocenters. The van der Waals surface area contributed by atoms with Crippen LogP contribution in [0.25, 0.3) is 27.8 Å². The lowest BCUT2D eigenvalue weighted by molar-refractivity contribution is -0.161. The number of amides is 3. The van der Waals surface area contributed by atoms with Gasteiger partial charge in [0, 0.05) is 25.5 Å². The molecule has 2 aliphatic rings. The van der Waals surface area contributed by atoms with E-state index in [1.807, 2.05) is 48.5 Å². The predicted octanol–water partition coefficient (Wildman–Crippen LogP) is 5.03. The van der Waals surface area contributed by atoms with Crippen LogP contribution in [0.4, 0.5) is 5.82 Å². The summed E-state index contributed by atoms with van der Waals surface area (Å²) in [6.07, 6.45) is 5.35. The molecule has 3 aromatic carbocycles. The van der Waals surface area contributed by atoms with Gasteiger partial charge < -0.3 is 15.4 Å². The molecule has 6 rings (SSSR count). The van der Waals surface area contributed by atoms with Crippen LogP contribution in [0.15, 0.2) is 78.9 Å². The van der Waals surface area contributed by atoms with E-state index in [2.05, 4.69) is 51.8 Å². The summed E-state index contributed by atoms with van der Waals surface area (Å²) >= 11 is 0. The minimum Gasteiger partial charge on any atom is -0.452 e. The number of pyridine rings is 1. The third kappa shape index (κ3) is 9.61. The second-order valence-electron chi connectivity index (χ2n) is 14.6. The van der Waals surface area contributed by atoms with E-state index in [4.69, 9.17) is 9.72 Å². The van der Waals surface area contributed by atoms with Crippen molar-refractivity contribution >= 4 is 57.3 Å². The predicted molar refractivity (Wildman–Crippen MR) is 211 cm³/mol. The number of fused-ring (bicyclic) bond motifs is 5. The molecule has 12 heteroatoms. The number of esters is 1. The smallest absolute Gasteiger partial charge is 0.313 e. The van der Waals surface area contributed by atoms with Crippen LogP contribution in [0.1, 0.15) is 64.0 Å². The third-order valence-electron chi connectivity index (χ3n) is 10.0. The Morgan fingerprint density at radius 1 is 0.926 bits per heavy atom. The normalized spacial score (nSPS) is 22.3. The molecule has 3 heterocycles. The molecule has 12 nitrogen and oxygen atoms in total. The lowest BCUT2D eigenvalue weighted by Crippen LogP contribution is -2.62. The molecular formula is C42H51N7O5. The first kappa shape index (κ1) is 38.4. The number of hydrazine groups is 2. The highest BCUT2D eigenvalue weighted by Crippen LogP contribution is 2.21. The van der Waals surface area contributed by atoms with E-state index in [0.29, 0.717) is 50.1 Å². The van der Waals surface area contributed by atoms with E-state index >= 15 is 0 Å². The number of hydrogen-bond donors (Lipinski definition) is 4. The number of carbonyl (C=O) groups excluding carboxylic acids is 4. The van der Waals surface area contributed by atoms with Crippen LogP contribution in [-0.2, 0) is 30.5 Å². The van der Waals surface area contributed by atoms with E-state index in [9.17, 15) is 19.2 Å². The van der Waals surface area contributed by atoms with Gasteiger partial charge >= 0.3 is 5.97 Å². The summed E-state index contributed by atoms with van der Waals surface area (Å²) in [6.45, 7) is 7.14. The lowest BCUT2D eigenvalue weighted by Gasteiger charge is -2.36. The first-order valence-electron chi connectivity index (χ1n) is 19.0. The van der Waals surface area contributed by atoms with Gasteiger partial charge in [-0.05, 0) is 97.7 Å². The molecule has 0 radical (unpaired) electrons. The summed E-state index contributed by atoms with van der Waals surface area (Å²) in [6, 6.07) is 22.6. The van der Waals surface area contributed by atoms with Crippen LogP contribution in [0.3, 0.4) is 0 Å². The van der Waals surface area contributed by atoms with Crippen LogP contribution in [0, 0.1) is 11.8 Å². The Morgan fingerprint density at radius 3 is 2.52 bits per heavy atom. The highest BCUT2D eigenvalue weighted by Gasteiger charge is 2.35. The zero-order valence-corrected chi connectivity index (χ0v) is 31.5. The average molecular weight is 734 g/mol. The Kier molecular flexibility index (Phi) is 12.6. The van der Waals surface area contributed by atoms with Gasteiger partial charge in [-0.2, -0.15) is 0 Å². The standard InChI is InChI=1S/C42H51N7O5/c1-27(2)38-40(51)45-35(12-7-8-22-43-26-30-17-18-31-10-5-6-11-33(31)24-30)41(52)49-23-9-13-34(46-49)39(50)47-48(4)37-21-20-32-19-16-29(25-36(32)44-37)15-14-28(3)42(53)54-38/h5-6,10-11,14-21,24-25,27-28,34-35,38,43,46H,7-9,12-13,22-23,26H2,1-4H3,(H,45,51)(H,47,50)/b15-14+. The summed E-state index contributed by atoms with van der Waals surface area (Å²) in [5.74, 6) is -2.17. The number of nitrogens with zero attached hydrogens (tertiary/aromatic N) is 3. The maximum absolute atomic E-state index is 14.1. The van der Waals surface area contributed by atoms with E-state index in [-0.39, 0.29) is 17.7 Å². The maximum Gasteiger partial charge on any atom is 0.313 e. The molecule has 4 aromatic rings. The third-order valence-corrected chi connectivity index (χ3v) is 10.0. The number of cyclic esters (lactones) is 1. The highest BCUT2D eigenvalue weighted by atomic mass is 16.5. The lowest BCUT2D eigenvalue weighted by atomic mass is 10.0. The van der Waals surface area contributed by atoms with Crippen LogP contribution in [0.2, 0.25) is 0 Å². The highest BCUT2D eigenvalue weighted by molar-refractivity contribution is 5.91. The molecule has 0 saturated carbocycles. The number of carbonyl (C=O) groups is 4. The molecule has 54 heavy (non-hydrogen) atoms. The molecule has 1 aromatic heterocycles. The van der Waals surface area contributed by atoms with Crippen LogP contribution in [0.5, 0.6) is 0 Å². The van der Waals surface area contributed by atoms with Gasteiger partial charge in [0.1, 0.15) is 17.9 Å². The summed E-state index contributed by atoms with van der Waals surface area (Å²) in [7, 11) is 1.72. The van der Waals surface area contributed by atoms with Gasteiger partial charge in [-0.3, -0.25) is 34.6 Å². The molecule has 284 valence electrons. The van der Waals surface area contributed by atoms with Gasteiger partial charge in [0.15, 0.2) is 6.10 Å². The molecule has 5 bridgehead atoms. The van der Waals surface area contributed by atoms with Crippen molar-refractivity contribution in [2.24, 2.45) is 11.8 Å². The number of ether oxygens (including phenoxy) is 1. The Morgan fingerprint density at radius 2 is 1.70 bits per heavy atom. The number of aromatic nitrogens is 1. The fraction of sp³-hybridized carbons (Fsp3) is 0.405. The summed E-state index contributed by atoms with van der Waals surface area (Å²) in [5.41, 5.74) is 8.76. The van der Waals surface area contributed by atoms with Gasteiger partial charge in [0.25, 0.3) is 17.7 Å². The van der Waals surface area contributed by atoms with Crippen molar-refractivity contribution in [3.05, 3.63) is 90.0 Å². The molecule has 0 spiro atoms. The van der Waals surface area contributed by atoms with Crippen molar-refractivity contribution in [2.75, 3.05) is 25.1 Å². The average Bonchev–Trinajstić information content (AvgIpc) is 3.18. The van der Waals surface area contributed by atoms with E-state index in [1.54, 1.807) is 38.9 Å². The fourth-order valence-corrected chi connectivity index (χ4v) is 6.79. The minimum atomic E-state index is -1.10. The van der Waals surface area contributed by atoms with Crippen molar-refractivity contribution in [2.45, 2.75) is 77.6 Å². The number of unbranched alkanes of at least 4 members (excludes halogenated alkanes) is 1. The number of nitrogens with one attached hydrogen (secondary N) is 4. The monoisotopic (exact) mass is 733 g/mol. The van der Waals surface area contributed by atoms with Crippen LogP contribution >= 0.6 is 0 Å². The number of anilines is 1. The first-order chi connectivity index (χ1) is 26.0. The molecular weight excluding hydrogens is 683 g/mol. The zero-order valence-electron chi connectivity index (χ0n) is 31.5. The number of hydrogen-bond acceptors (Lipinski definition) is 9. The molecule has 4 atom stereocenters. The molecule has 1 fully saturated rings. The van der Waals surface area contributed by atoms with Gasteiger partial charge in [-0.25, -0.2) is 10.4 Å². The Hall–Kier alpha value is -5.33. The Bertz CT molecular complexity index is 2020. The van der Waals surface area contributed by atoms with E-state index in [1.165, 1.54) is 21.3 Å². The first-order valence-corrected chi connectivity index (χ1v) is 19.0. The number of rotatable bonds is 8. The molecule has 3 amide bonds. The van der Waals surface area contributed by atoms with Gasteiger partial charge in [-0.1, -0.05) is 74.5 Å². The Balaban J connectivity index is 1.18. The largest absolute Gasteiger partial charge is 0.452 e. The van der Waals surface area contributed by atoms with E-state index < -0.39 is 36.0 Å². The van der Waals surface area contributed by atoms with Crippen LogP contribution < -0.4 is 26.5 Å². The van der Waals surface area contributed by atoms with Crippen molar-refractivity contribution in [1.29, 1.82) is 0 Å². The topological polar surface area (TPSA) is 145 Å². The molecule has 2 aliphatic heterocycles. The van der Waals surface area contributed by atoms with Crippen LogP contribution in [-0.4, -0.2) is 72.0 Å². The SMILES string of the molecule is CC1/C=C/c2ccc3ccc(nc3c2)N(C)NC(=O)C2CCCN(N2)C(=O)C(CCCCNCc2ccc3ccccc3c2)NC(=O)C(C(C)C)OC1=O. The van der Waals surface area contributed by atoms with Gasteiger partial charge in [0.2, 0.25) is 0 Å². The van der Waals surface area contributed by atoms with Crippen molar-refractivity contribution < 1.29 is 23.9 Å². The molecule has 0 aliphatic carbocycles. The summed E-state index contributed by atoms with van der Waals surface area (Å²) in [5, 5.41) is 12.7. The van der Waals surface area contributed by atoms with Gasteiger partial charge in [-0.15, -0.1) is 0 Å².